The van der Waals surface area contributed by atoms with Crippen molar-refractivity contribution in [3.05, 3.63) is 35.7 Å². The van der Waals surface area contributed by atoms with Crippen LogP contribution in [-0.2, 0) is 23.1 Å². The van der Waals surface area contributed by atoms with E-state index in [1.807, 2.05) is 25.1 Å². The lowest BCUT2D eigenvalue weighted by atomic mass is 10.2. The Bertz CT molecular complexity index is 933. The molecule has 0 aliphatic carbocycles. The fourth-order valence-electron chi connectivity index (χ4n) is 3.48. The molecule has 3 heterocycles. The van der Waals surface area contributed by atoms with Crippen LogP contribution >= 0.6 is 0 Å². The fourth-order valence-corrected chi connectivity index (χ4v) is 5.07. The molecule has 0 saturated carbocycles. The number of ether oxygens (including phenoxy) is 2. The summed E-state index contributed by atoms with van der Waals surface area (Å²) in [5, 5.41) is 4.27. The average molecular weight is 392 g/mol. The summed E-state index contributed by atoms with van der Waals surface area (Å²) in [5.74, 6) is 1.55. The van der Waals surface area contributed by atoms with Gasteiger partial charge in [0.15, 0.2) is 11.5 Å². The Morgan fingerprint density at radius 2 is 1.85 bits per heavy atom. The number of hydrogen-bond acceptors (Lipinski definition) is 6. The molecule has 27 heavy (non-hydrogen) atoms. The van der Waals surface area contributed by atoms with Crippen molar-refractivity contribution < 1.29 is 17.9 Å². The highest BCUT2D eigenvalue weighted by molar-refractivity contribution is 7.89. The maximum absolute atomic E-state index is 13.0. The second-order valence-electron chi connectivity index (χ2n) is 6.80. The number of hydrogen-bond donors (Lipinski definition) is 0. The van der Waals surface area contributed by atoms with E-state index in [1.54, 1.807) is 22.1 Å². The molecule has 0 spiro atoms. The van der Waals surface area contributed by atoms with Crippen LogP contribution in [0, 0.1) is 6.92 Å². The van der Waals surface area contributed by atoms with Crippen molar-refractivity contribution in [1.82, 2.24) is 19.0 Å². The van der Waals surface area contributed by atoms with E-state index in [1.165, 1.54) is 0 Å². The molecule has 0 bridgehead atoms. The SMILES string of the molecule is CCn1cc(S(=O)(=O)N2CCN(Cc3ccc4c(c3)OCO4)CC2)c(C)n1. The predicted molar refractivity (Wildman–Crippen MR) is 99.2 cm³/mol. The standard InChI is InChI=1S/C18H24N4O4S/c1-3-21-12-18(14(2)19-21)27(23,24)22-8-6-20(7-9-22)11-15-4-5-16-17(10-15)26-13-25-16/h4-5,10,12H,3,6-9,11,13H2,1-2H3. The van der Waals surface area contributed by atoms with Crippen molar-refractivity contribution in [3.8, 4) is 11.5 Å². The summed E-state index contributed by atoms with van der Waals surface area (Å²) in [7, 11) is -3.50. The molecule has 0 radical (unpaired) electrons. The highest BCUT2D eigenvalue weighted by atomic mass is 32.2. The van der Waals surface area contributed by atoms with Crippen LogP contribution in [0.5, 0.6) is 11.5 Å². The molecular weight excluding hydrogens is 368 g/mol. The molecule has 1 fully saturated rings. The molecule has 0 N–H and O–H groups in total. The largest absolute Gasteiger partial charge is 0.454 e. The topological polar surface area (TPSA) is 76.9 Å². The lowest BCUT2D eigenvalue weighted by molar-refractivity contribution is 0.173. The van der Waals surface area contributed by atoms with Crippen LogP contribution in [0.4, 0.5) is 0 Å². The number of aromatic nitrogens is 2. The highest BCUT2D eigenvalue weighted by Crippen LogP contribution is 2.33. The molecule has 0 amide bonds. The van der Waals surface area contributed by atoms with E-state index in [0.29, 0.717) is 43.3 Å². The minimum Gasteiger partial charge on any atom is -0.454 e. The molecule has 8 nitrogen and oxygen atoms in total. The molecular formula is C18H24N4O4S. The molecule has 2 aliphatic rings. The molecule has 146 valence electrons. The van der Waals surface area contributed by atoms with E-state index in [9.17, 15) is 8.42 Å². The van der Waals surface area contributed by atoms with Gasteiger partial charge in [-0.25, -0.2) is 8.42 Å². The second-order valence-corrected chi connectivity index (χ2v) is 8.71. The molecule has 1 aromatic heterocycles. The molecule has 9 heteroatoms. The van der Waals surface area contributed by atoms with Gasteiger partial charge in [0.1, 0.15) is 4.90 Å². The Kier molecular flexibility index (Phi) is 4.83. The van der Waals surface area contributed by atoms with Gasteiger partial charge >= 0.3 is 0 Å². The molecule has 0 atom stereocenters. The molecule has 2 aromatic rings. The van der Waals surface area contributed by atoms with Crippen LogP contribution in [0.3, 0.4) is 0 Å². The summed E-state index contributed by atoms with van der Waals surface area (Å²) in [6, 6.07) is 5.94. The van der Waals surface area contributed by atoms with Crippen LogP contribution in [0.15, 0.2) is 29.3 Å². The molecule has 2 aliphatic heterocycles. The van der Waals surface area contributed by atoms with Gasteiger partial charge in [-0.05, 0) is 31.5 Å². The third-order valence-corrected chi connectivity index (χ3v) is 7.02. The number of benzene rings is 1. The first kappa shape index (κ1) is 18.3. The highest BCUT2D eigenvalue weighted by Gasteiger charge is 2.31. The van der Waals surface area contributed by atoms with Crippen LogP contribution in [0.1, 0.15) is 18.2 Å². The van der Waals surface area contributed by atoms with E-state index in [0.717, 1.165) is 23.6 Å². The van der Waals surface area contributed by atoms with E-state index >= 15 is 0 Å². The summed E-state index contributed by atoms with van der Waals surface area (Å²) in [6.45, 7) is 7.70. The predicted octanol–water partition coefficient (Wildman–Crippen LogP) is 1.45. The minimum atomic E-state index is -3.50. The Labute approximate surface area is 159 Å². The third-order valence-electron chi connectivity index (χ3n) is 5.02. The zero-order valence-corrected chi connectivity index (χ0v) is 16.4. The quantitative estimate of drug-likeness (QED) is 0.767. The van der Waals surface area contributed by atoms with Gasteiger partial charge in [0, 0.05) is 45.5 Å². The van der Waals surface area contributed by atoms with Crippen LogP contribution in [0.25, 0.3) is 0 Å². The van der Waals surface area contributed by atoms with Crippen LogP contribution < -0.4 is 9.47 Å². The number of rotatable bonds is 5. The maximum Gasteiger partial charge on any atom is 0.246 e. The summed E-state index contributed by atoms with van der Waals surface area (Å²) in [6.07, 6.45) is 1.63. The Morgan fingerprint density at radius 3 is 2.56 bits per heavy atom. The van der Waals surface area contributed by atoms with Gasteiger partial charge in [-0.15, -0.1) is 0 Å². The number of piperazine rings is 1. The lowest BCUT2D eigenvalue weighted by Gasteiger charge is -2.33. The zero-order chi connectivity index (χ0) is 19.0. The van der Waals surface area contributed by atoms with Crippen molar-refractivity contribution in [2.75, 3.05) is 33.0 Å². The van der Waals surface area contributed by atoms with Gasteiger partial charge in [-0.3, -0.25) is 9.58 Å². The van der Waals surface area contributed by atoms with Crippen LogP contribution in [-0.4, -0.2) is 60.4 Å². The summed E-state index contributed by atoms with van der Waals surface area (Å²) in [4.78, 5) is 2.57. The van der Waals surface area contributed by atoms with Crippen molar-refractivity contribution in [1.29, 1.82) is 0 Å². The summed E-state index contributed by atoms with van der Waals surface area (Å²) < 4.78 is 39.9. The normalized spacial score (nSPS) is 18.1. The van der Waals surface area contributed by atoms with E-state index in [-0.39, 0.29) is 6.79 Å². The lowest BCUT2D eigenvalue weighted by Crippen LogP contribution is -2.48. The minimum absolute atomic E-state index is 0.267. The van der Waals surface area contributed by atoms with Crippen LogP contribution in [0.2, 0.25) is 0 Å². The summed E-state index contributed by atoms with van der Waals surface area (Å²) >= 11 is 0. The fraction of sp³-hybridized carbons (Fsp3) is 0.500. The van der Waals surface area contributed by atoms with E-state index in [2.05, 4.69) is 10.00 Å². The molecule has 0 unspecified atom stereocenters. The molecule has 1 saturated heterocycles. The van der Waals surface area contributed by atoms with Gasteiger partial charge in [-0.2, -0.15) is 9.40 Å². The Balaban J connectivity index is 1.40. The van der Waals surface area contributed by atoms with Gasteiger partial charge in [0.25, 0.3) is 0 Å². The first-order valence-corrected chi connectivity index (χ1v) is 10.6. The van der Waals surface area contributed by atoms with Crippen molar-refractivity contribution in [3.63, 3.8) is 0 Å². The number of aryl methyl sites for hydroxylation is 2. The number of nitrogens with zero attached hydrogens (tertiary/aromatic N) is 4. The zero-order valence-electron chi connectivity index (χ0n) is 15.6. The van der Waals surface area contributed by atoms with E-state index in [4.69, 9.17) is 9.47 Å². The average Bonchev–Trinajstić information content (AvgIpc) is 3.28. The first-order valence-electron chi connectivity index (χ1n) is 9.12. The Morgan fingerprint density at radius 1 is 1.11 bits per heavy atom. The van der Waals surface area contributed by atoms with Gasteiger partial charge in [0.2, 0.25) is 16.8 Å². The summed E-state index contributed by atoms with van der Waals surface area (Å²) in [5.41, 5.74) is 1.69. The van der Waals surface area contributed by atoms with Crippen molar-refractivity contribution >= 4 is 10.0 Å². The maximum atomic E-state index is 13.0. The molecule has 1 aromatic carbocycles. The van der Waals surface area contributed by atoms with E-state index < -0.39 is 10.0 Å². The molecule has 4 rings (SSSR count). The van der Waals surface area contributed by atoms with Crippen molar-refractivity contribution in [2.45, 2.75) is 31.8 Å². The smallest absolute Gasteiger partial charge is 0.246 e. The van der Waals surface area contributed by atoms with Crippen molar-refractivity contribution in [2.24, 2.45) is 0 Å². The Hall–Kier alpha value is -2.10. The number of sulfonamides is 1. The first-order chi connectivity index (χ1) is 13.0. The van der Waals surface area contributed by atoms with Gasteiger partial charge in [0.05, 0.1) is 5.69 Å². The monoisotopic (exact) mass is 392 g/mol. The van der Waals surface area contributed by atoms with Gasteiger partial charge < -0.3 is 9.47 Å². The number of fused-ring (bicyclic) bond motifs is 1. The third kappa shape index (κ3) is 3.54. The second kappa shape index (κ2) is 7.14. The van der Waals surface area contributed by atoms with Gasteiger partial charge in [-0.1, -0.05) is 6.07 Å².